The fourth-order valence-corrected chi connectivity index (χ4v) is 15.2. The van der Waals surface area contributed by atoms with Crippen molar-refractivity contribution < 1.29 is 4.68 Å². The first-order valence-corrected chi connectivity index (χ1v) is 25.0. The molecule has 0 fully saturated rings. The van der Waals surface area contributed by atoms with Crippen LogP contribution in [0.3, 0.4) is 0 Å². The van der Waals surface area contributed by atoms with Gasteiger partial charge in [-0.25, -0.2) is 4.51 Å². The molecule has 5 aliphatic rings. The average molecular weight is 874 g/mol. The van der Waals surface area contributed by atoms with Crippen LogP contribution in [0.2, 0.25) is 0 Å². The van der Waals surface area contributed by atoms with E-state index < -0.39 is 7.69 Å². The molecule has 0 saturated heterocycles. The predicted molar refractivity (Wildman–Crippen MR) is 265 cm³/mol. The van der Waals surface area contributed by atoms with Crippen molar-refractivity contribution in [1.29, 1.82) is 0 Å². The van der Waals surface area contributed by atoms with Gasteiger partial charge in [-0.05, 0) is 92.2 Å². The summed E-state index contributed by atoms with van der Waals surface area (Å²) < 4.78 is 9.80. The lowest BCUT2D eigenvalue weighted by Crippen LogP contribution is -2.44. The van der Waals surface area contributed by atoms with E-state index in [1.807, 2.05) is 0 Å². The standard InChI is InChI=1S/C54H51N8P2/c1-4-5-25-42(37(2)50-51-52(57(3)55-60(51)35-38-20-8-6-9-21-38)53-54(50)64(56-63-53)36-39-22-10-7-11-23-39)61-46-29-16-14-27-44(46)58-31-18-19-32-59-45-28-15-17-30-47(45)62-43-26-13-12-24-41(43)40(33-48(58)61)34-49(59)62/h4-17,20-30,33,48-50H,2,18-19,31-32,34-36H2,1,3H3/q+1/b5-4-,40-33?,42-25+. The molecule has 4 atom stereocenters. The number of rotatable bonds is 8. The first-order valence-electron chi connectivity index (χ1n) is 22.7. The molecule has 0 radical (unpaired) electrons. The van der Waals surface area contributed by atoms with Gasteiger partial charge >= 0.3 is 0 Å². The number of allylic oxidation sites excluding steroid dienone is 4. The first kappa shape index (κ1) is 39.2. The maximum Gasteiger partial charge on any atom is 0.208 e. The maximum absolute atomic E-state index is 5.44. The molecule has 2 bridgehead atoms. The van der Waals surface area contributed by atoms with Crippen molar-refractivity contribution in [2.45, 2.75) is 57.1 Å². The van der Waals surface area contributed by atoms with Gasteiger partial charge in [0.25, 0.3) is 0 Å². The molecule has 8 nitrogen and oxygen atoms in total. The van der Waals surface area contributed by atoms with Gasteiger partial charge in [0.2, 0.25) is 5.69 Å². The highest BCUT2D eigenvalue weighted by molar-refractivity contribution is 7.54. The normalized spacial score (nSPS) is 19.8. The van der Waals surface area contributed by atoms with Crippen molar-refractivity contribution in [2.75, 3.05) is 32.7 Å². The smallest absolute Gasteiger partial charge is 0.208 e. The summed E-state index contributed by atoms with van der Waals surface area (Å²) in [5.74, 6) is -0.0985. The molecule has 10 heteroatoms. The molecule has 4 aliphatic heterocycles. The highest BCUT2D eigenvalue weighted by Crippen LogP contribution is 2.61. The summed E-state index contributed by atoms with van der Waals surface area (Å²) in [4.78, 5) is 10.6. The van der Waals surface area contributed by atoms with Crippen LogP contribution in [0.15, 0.2) is 176 Å². The van der Waals surface area contributed by atoms with Gasteiger partial charge in [0.15, 0.2) is 5.69 Å². The van der Waals surface area contributed by atoms with E-state index in [-0.39, 0.29) is 18.2 Å². The number of para-hydroxylation sites is 5. The van der Waals surface area contributed by atoms with Crippen molar-refractivity contribution in [1.82, 2.24) is 14.4 Å². The predicted octanol–water partition coefficient (Wildman–Crippen LogP) is 12.1. The van der Waals surface area contributed by atoms with Crippen LogP contribution in [-0.4, -0.2) is 39.8 Å². The molecule has 316 valence electrons. The summed E-state index contributed by atoms with van der Waals surface area (Å²) >= 11 is 0. The number of benzene rings is 5. The van der Waals surface area contributed by atoms with Gasteiger partial charge in [0, 0.05) is 42.2 Å². The van der Waals surface area contributed by atoms with E-state index in [2.05, 4.69) is 201 Å². The van der Waals surface area contributed by atoms with Crippen LogP contribution in [0.5, 0.6) is 0 Å². The zero-order chi connectivity index (χ0) is 42.9. The Hall–Kier alpha value is -6.46. The molecule has 0 amide bonds. The van der Waals surface area contributed by atoms with Crippen LogP contribution < -0.4 is 24.3 Å². The zero-order valence-corrected chi connectivity index (χ0v) is 38.2. The number of aryl methyl sites for hydroxylation is 1. The minimum absolute atomic E-state index is 0.0764. The lowest BCUT2D eigenvalue weighted by atomic mass is 9.91. The van der Waals surface area contributed by atoms with E-state index in [1.54, 1.807) is 0 Å². The van der Waals surface area contributed by atoms with E-state index >= 15 is 0 Å². The average Bonchev–Trinajstić information content (AvgIpc) is 4.11. The van der Waals surface area contributed by atoms with E-state index in [0.29, 0.717) is 6.54 Å². The SMILES string of the molecule is C=C(/C(=C\C=C/C)N1c2ccccc2N2CCCCN3c4ccccc4N4c5ccccc5C(=CC21)CC34)C1c2c([n+](C)nn2Cc2ccccc2)-c2pnp(Cc3ccccc3)c21. The van der Waals surface area contributed by atoms with Gasteiger partial charge in [0.05, 0.1) is 53.2 Å². The molecule has 5 aromatic carbocycles. The number of anilines is 5. The topological polar surface area (TPSA) is 47.5 Å². The fraction of sp³-hybridized carbons (Fsp3) is 0.222. The Kier molecular flexibility index (Phi) is 9.76. The summed E-state index contributed by atoms with van der Waals surface area (Å²) in [6.45, 7) is 9.99. The van der Waals surface area contributed by atoms with Gasteiger partial charge < -0.3 is 19.6 Å². The molecular weight excluding hydrogens is 823 g/mol. The Morgan fingerprint density at radius 2 is 1.42 bits per heavy atom. The molecule has 7 aromatic rings. The van der Waals surface area contributed by atoms with E-state index in [0.717, 1.165) is 58.1 Å². The van der Waals surface area contributed by atoms with Gasteiger partial charge in [-0.2, -0.15) is 0 Å². The molecule has 0 N–H and O–H groups in total. The second-order valence-electron chi connectivity index (χ2n) is 17.5. The van der Waals surface area contributed by atoms with Crippen molar-refractivity contribution in [3.05, 3.63) is 203 Å². The molecule has 4 unspecified atom stereocenters. The van der Waals surface area contributed by atoms with Crippen molar-refractivity contribution in [3.63, 3.8) is 0 Å². The second kappa shape index (κ2) is 16.0. The van der Waals surface area contributed by atoms with Crippen LogP contribution in [0, 0.1) is 0 Å². The number of hydrogen-bond acceptors (Lipinski definition) is 6. The lowest BCUT2D eigenvalue weighted by Gasteiger charge is -2.40. The largest absolute Gasteiger partial charge is 0.349 e. The minimum atomic E-state index is -0.850. The molecular formula is C54H51N8P2+. The zero-order valence-electron chi connectivity index (χ0n) is 36.4. The molecule has 64 heavy (non-hydrogen) atoms. The van der Waals surface area contributed by atoms with Crippen molar-refractivity contribution in [3.8, 4) is 11.0 Å². The van der Waals surface area contributed by atoms with E-state index in [1.165, 1.54) is 72.7 Å². The third-order valence-electron chi connectivity index (χ3n) is 13.8. The van der Waals surface area contributed by atoms with Gasteiger partial charge in [-0.1, -0.05) is 122 Å². The van der Waals surface area contributed by atoms with Crippen LogP contribution in [0.25, 0.3) is 16.6 Å². The van der Waals surface area contributed by atoms with Crippen molar-refractivity contribution in [2.24, 2.45) is 7.05 Å². The highest BCUT2D eigenvalue weighted by atomic mass is 31.1. The molecule has 0 saturated carbocycles. The third-order valence-corrected chi connectivity index (χ3v) is 17.6. The van der Waals surface area contributed by atoms with Crippen molar-refractivity contribution >= 4 is 50.1 Å². The van der Waals surface area contributed by atoms with Gasteiger partial charge in [-0.15, -0.1) is 9.36 Å². The summed E-state index contributed by atoms with van der Waals surface area (Å²) in [6.07, 6.45) is 13.5. The Bertz CT molecular complexity index is 3040. The fourth-order valence-electron chi connectivity index (χ4n) is 11.1. The summed E-state index contributed by atoms with van der Waals surface area (Å²) in [5, 5.41) is 7.97. The Balaban J connectivity index is 1.03. The third kappa shape index (κ3) is 6.25. The number of nitrogens with zero attached hydrogens (tertiary/aromatic N) is 8. The monoisotopic (exact) mass is 873 g/mol. The Morgan fingerprint density at radius 3 is 2.17 bits per heavy atom. The summed E-state index contributed by atoms with van der Waals surface area (Å²) in [7, 11) is 2.28. The second-order valence-corrected chi connectivity index (χ2v) is 20.5. The number of hydrogen-bond donors (Lipinski definition) is 0. The van der Waals surface area contributed by atoms with Crippen LogP contribution in [0.4, 0.5) is 28.4 Å². The Labute approximate surface area is 378 Å². The molecule has 6 heterocycles. The maximum atomic E-state index is 5.44. The van der Waals surface area contributed by atoms with Crippen LogP contribution >= 0.6 is 16.0 Å². The molecule has 1 aliphatic carbocycles. The van der Waals surface area contributed by atoms with Crippen LogP contribution in [0.1, 0.15) is 59.8 Å². The van der Waals surface area contributed by atoms with E-state index in [9.17, 15) is 0 Å². The minimum Gasteiger partial charge on any atom is -0.349 e. The van der Waals surface area contributed by atoms with Gasteiger partial charge in [-0.3, -0.25) is 0 Å². The van der Waals surface area contributed by atoms with Crippen LogP contribution in [-0.2, 0) is 19.8 Å². The Morgan fingerprint density at radius 1 is 0.781 bits per heavy atom. The summed E-state index contributed by atoms with van der Waals surface area (Å²) in [6, 6.07) is 48.9. The lowest BCUT2D eigenvalue weighted by molar-refractivity contribution is -0.722. The first-order chi connectivity index (χ1) is 31.6. The summed E-state index contributed by atoms with van der Waals surface area (Å²) in [5.41, 5.74) is 16.3. The highest BCUT2D eigenvalue weighted by Gasteiger charge is 2.49. The van der Waals surface area contributed by atoms with E-state index in [4.69, 9.17) is 16.3 Å². The molecule has 12 rings (SSSR count). The van der Waals surface area contributed by atoms with Gasteiger partial charge in [0.1, 0.15) is 25.9 Å². The molecule has 0 spiro atoms. The number of aromatic nitrogens is 4. The molecule has 2 aromatic heterocycles. The quantitative estimate of drug-likeness (QED) is 0.112. The number of fused-ring (bicyclic) bond motifs is 13.